The molecule has 2 rings (SSSR count). The monoisotopic (exact) mass is 377 g/mol. The van der Waals surface area contributed by atoms with Crippen molar-refractivity contribution < 1.29 is 28.7 Å². The third-order valence-corrected chi connectivity index (χ3v) is 4.73. The highest BCUT2D eigenvalue weighted by molar-refractivity contribution is 6.46. The van der Waals surface area contributed by atoms with Crippen LogP contribution in [0.2, 0.25) is 0 Å². The van der Waals surface area contributed by atoms with Gasteiger partial charge in [-0.25, -0.2) is 0 Å². The Morgan fingerprint density at radius 2 is 2.07 bits per heavy atom. The summed E-state index contributed by atoms with van der Waals surface area (Å²) in [7, 11) is -1.12. The summed E-state index contributed by atoms with van der Waals surface area (Å²) >= 11 is 0. The van der Waals surface area contributed by atoms with E-state index in [0.717, 1.165) is 24.0 Å². The zero-order valence-electron chi connectivity index (χ0n) is 16.2. The number of benzene rings is 1. The number of rotatable bonds is 9. The Bertz CT molecular complexity index is 649. The summed E-state index contributed by atoms with van der Waals surface area (Å²) in [5.41, 5.74) is 1.64. The fourth-order valence-electron chi connectivity index (χ4n) is 3.03. The van der Waals surface area contributed by atoms with Crippen LogP contribution in [-0.2, 0) is 32.1 Å². The van der Waals surface area contributed by atoms with Crippen molar-refractivity contribution in [3.63, 3.8) is 0 Å². The summed E-state index contributed by atoms with van der Waals surface area (Å²) in [6.45, 7) is 5.72. The largest absolute Gasteiger partial charge is 0.547 e. The smallest absolute Gasteiger partial charge is 0.534 e. The van der Waals surface area contributed by atoms with E-state index in [1.165, 1.54) is 0 Å². The molecule has 0 bridgehead atoms. The molecule has 1 aromatic rings. The minimum atomic E-state index is -1.12. The number of carbonyl (C=O) groups is 2. The highest BCUT2D eigenvalue weighted by Gasteiger charge is 2.36. The van der Waals surface area contributed by atoms with Crippen molar-refractivity contribution in [3.8, 4) is 5.75 Å². The lowest BCUT2D eigenvalue weighted by atomic mass is 9.72. The molecule has 0 fully saturated rings. The summed E-state index contributed by atoms with van der Waals surface area (Å²) in [6.07, 6.45) is 2.30. The lowest BCUT2D eigenvalue weighted by molar-refractivity contribution is -0.162. The summed E-state index contributed by atoms with van der Waals surface area (Å²) in [5, 5.41) is 13.0. The Balaban J connectivity index is 1.92. The van der Waals surface area contributed by atoms with Crippen LogP contribution in [0.4, 0.5) is 0 Å². The van der Waals surface area contributed by atoms with E-state index in [9.17, 15) is 14.6 Å². The highest BCUT2D eigenvalue weighted by atomic mass is 16.7. The Morgan fingerprint density at radius 1 is 1.33 bits per heavy atom. The van der Waals surface area contributed by atoms with Gasteiger partial charge in [0, 0.05) is 12.0 Å². The molecule has 1 amide bonds. The fraction of sp³-hybridized carbons (Fsp3) is 0.579. The van der Waals surface area contributed by atoms with Crippen LogP contribution in [0, 0.1) is 5.92 Å². The molecule has 0 aromatic heterocycles. The molecule has 0 radical (unpaired) electrons. The number of hydrogen-bond donors (Lipinski definition) is 2. The summed E-state index contributed by atoms with van der Waals surface area (Å²) < 4.78 is 16.2. The maximum Gasteiger partial charge on any atom is 0.547 e. The predicted octanol–water partition coefficient (Wildman–Crippen LogP) is 1.99. The molecule has 0 aliphatic carbocycles. The second-order valence-electron chi connectivity index (χ2n) is 6.59. The molecule has 148 valence electrons. The standard InChI is InChI=1S/C19H28BNO6/c1-4-13(5-2)19(23)26-12-25-11-15-9-7-8-14-10-16(21-17(22)6-3)20(24)27-18(14)15/h7-9,13,16,24H,4-6,10-12H2,1-3H3,(H,21,22)/t16-/m0/s1. The second kappa shape index (κ2) is 10.3. The van der Waals surface area contributed by atoms with Crippen molar-refractivity contribution in [1.82, 2.24) is 5.32 Å². The molecule has 1 atom stereocenters. The predicted molar refractivity (Wildman–Crippen MR) is 101 cm³/mol. The lowest BCUT2D eigenvalue weighted by Gasteiger charge is -2.29. The van der Waals surface area contributed by atoms with E-state index in [1.807, 2.05) is 32.0 Å². The number of ether oxygens (including phenoxy) is 2. The number of hydrogen-bond acceptors (Lipinski definition) is 6. The van der Waals surface area contributed by atoms with Crippen LogP contribution >= 0.6 is 0 Å². The maximum atomic E-state index is 11.8. The third kappa shape index (κ3) is 5.71. The van der Waals surface area contributed by atoms with Gasteiger partial charge in [0.2, 0.25) is 5.91 Å². The van der Waals surface area contributed by atoms with Crippen LogP contribution in [-0.4, -0.2) is 36.8 Å². The van der Waals surface area contributed by atoms with E-state index in [-0.39, 0.29) is 31.2 Å². The highest BCUT2D eigenvalue weighted by Crippen LogP contribution is 2.30. The van der Waals surface area contributed by atoms with Gasteiger partial charge >= 0.3 is 13.1 Å². The van der Waals surface area contributed by atoms with Gasteiger partial charge in [-0.05, 0) is 24.8 Å². The number of para-hydroxylation sites is 1. The zero-order valence-corrected chi connectivity index (χ0v) is 16.2. The first-order valence-electron chi connectivity index (χ1n) is 9.49. The van der Waals surface area contributed by atoms with E-state index in [4.69, 9.17) is 14.1 Å². The average Bonchev–Trinajstić information content (AvgIpc) is 2.67. The summed E-state index contributed by atoms with van der Waals surface area (Å²) in [5.74, 6) is -0.423. The molecule has 1 aliphatic heterocycles. The van der Waals surface area contributed by atoms with Gasteiger partial charge in [-0.3, -0.25) is 9.59 Å². The molecule has 0 saturated carbocycles. The molecule has 8 heteroatoms. The first-order chi connectivity index (χ1) is 13.0. The van der Waals surface area contributed by atoms with Gasteiger partial charge in [0.15, 0.2) is 6.79 Å². The number of nitrogens with one attached hydrogen (secondary N) is 1. The topological polar surface area (TPSA) is 94.1 Å². The first-order valence-corrected chi connectivity index (χ1v) is 9.49. The first kappa shape index (κ1) is 21.2. The molecule has 0 spiro atoms. The molecular weight excluding hydrogens is 349 g/mol. The van der Waals surface area contributed by atoms with Gasteiger partial charge in [-0.15, -0.1) is 0 Å². The maximum absolute atomic E-state index is 11.8. The molecular formula is C19H28BNO6. The Hall–Kier alpha value is -2.06. The van der Waals surface area contributed by atoms with Gasteiger partial charge in [0.1, 0.15) is 5.75 Å². The van der Waals surface area contributed by atoms with Crippen molar-refractivity contribution in [1.29, 1.82) is 0 Å². The van der Waals surface area contributed by atoms with E-state index in [0.29, 0.717) is 18.6 Å². The average molecular weight is 377 g/mol. The molecule has 7 nitrogen and oxygen atoms in total. The normalized spacial score (nSPS) is 15.9. The van der Waals surface area contributed by atoms with Crippen molar-refractivity contribution >= 4 is 19.0 Å². The van der Waals surface area contributed by atoms with Gasteiger partial charge in [0.25, 0.3) is 0 Å². The van der Waals surface area contributed by atoms with Gasteiger partial charge in [-0.1, -0.05) is 39.0 Å². The molecule has 27 heavy (non-hydrogen) atoms. The number of amides is 1. The Morgan fingerprint density at radius 3 is 2.74 bits per heavy atom. The van der Waals surface area contributed by atoms with Crippen LogP contribution in [0.15, 0.2) is 18.2 Å². The lowest BCUT2D eigenvalue weighted by Crippen LogP contribution is -2.53. The van der Waals surface area contributed by atoms with Crippen molar-refractivity contribution in [2.24, 2.45) is 5.92 Å². The van der Waals surface area contributed by atoms with Crippen LogP contribution in [0.3, 0.4) is 0 Å². The van der Waals surface area contributed by atoms with E-state index < -0.39 is 13.1 Å². The minimum Gasteiger partial charge on any atom is -0.534 e. The third-order valence-electron chi connectivity index (χ3n) is 4.73. The van der Waals surface area contributed by atoms with Crippen LogP contribution in [0.1, 0.15) is 51.2 Å². The number of esters is 1. The molecule has 2 N–H and O–H groups in total. The minimum absolute atomic E-state index is 0.105. The Labute approximate surface area is 160 Å². The van der Waals surface area contributed by atoms with Crippen molar-refractivity contribution in [2.75, 3.05) is 6.79 Å². The number of fused-ring (bicyclic) bond motifs is 1. The summed E-state index contributed by atoms with van der Waals surface area (Å²) in [4.78, 5) is 23.4. The van der Waals surface area contributed by atoms with Crippen LogP contribution in [0.25, 0.3) is 0 Å². The summed E-state index contributed by atoms with van der Waals surface area (Å²) in [6, 6.07) is 5.59. The van der Waals surface area contributed by atoms with Crippen LogP contribution < -0.4 is 9.97 Å². The molecule has 1 aromatic carbocycles. The SMILES string of the molecule is CCC(=O)N[C@H]1Cc2cccc(COCOC(=O)C(CC)CC)c2OB1O. The molecule has 1 heterocycles. The molecule has 0 unspecified atom stereocenters. The van der Waals surface area contributed by atoms with Crippen LogP contribution in [0.5, 0.6) is 5.75 Å². The fourth-order valence-corrected chi connectivity index (χ4v) is 3.03. The molecule has 0 saturated heterocycles. The van der Waals surface area contributed by atoms with E-state index in [1.54, 1.807) is 6.92 Å². The van der Waals surface area contributed by atoms with Crippen molar-refractivity contribution in [2.45, 2.75) is 59.0 Å². The quantitative estimate of drug-likeness (QED) is 0.296. The second-order valence-corrected chi connectivity index (χ2v) is 6.59. The Kier molecular flexibility index (Phi) is 8.12. The van der Waals surface area contributed by atoms with Gasteiger partial charge < -0.3 is 24.5 Å². The van der Waals surface area contributed by atoms with Crippen molar-refractivity contribution in [3.05, 3.63) is 29.3 Å². The number of carbonyl (C=O) groups excluding carboxylic acids is 2. The van der Waals surface area contributed by atoms with Gasteiger partial charge in [0.05, 0.1) is 18.5 Å². The zero-order chi connectivity index (χ0) is 19.8. The molecule has 1 aliphatic rings. The van der Waals surface area contributed by atoms with E-state index in [2.05, 4.69) is 5.32 Å². The van der Waals surface area contributed by atoms with E-state index >= 15 is 0 Å². The van der Waals surface area contributed by atoms with Gasteiger partial charge in [-0.2, -0.15) is 0 Å².